The molecule has 0 aliphatic heterocycles. The Morgan fingerprint density at radius 3 is 2.37 bits per heavy atom. The Bertz CT molecular complexity index is 292. The lowest BCUT2D eigenvalue weighted by molar-refractivity contribution is 0.123. The molecule has 0 heterocycles. The predicted molar refractivity (Wildman–Crippen MR) is 81.4 cm³/mol. The zero-order valence-corrected chi connectivity index (χ0v) is 12.6. The average molecular weight is 267 g/mol. The molecule has 0 fully saturated rings. The van der Waals surface area contributed by atoms with E-state index < -0.39 is 0 Å². The molecule has 0 atom stereocenters. The summed E-state index contributed by atoms with van der Waals surface area (Å²) in [6.07, 6.45) is 8.45. The Morgan fingerprint density at radius 1 is 1.26 bits per heavy atom. The lowest BCUT2D eigenvalue weighted by Crippen LogP contribution is -2.43. The molecule has 19 heavy (non-hydrogen) atoms. The molecule has 0 radical (unpaired) electrons. The van der Waals surface area contributed by atoms with E-state index in [0.29, 0.717) is 12.6 Å². The number of nitrogens with one attached hydrogen (secondary N) is 2. The van der Waals surface area contributed by atoms with Crippen LogP contribution in [0.3, 0.4) is 0 Å². The second-order valence-corrected chi connectivity index (χ2v) is 5.34. The first kappa shape index (κ1) is 16.0. The summed E-state index contributed by atoms with van der Waals surface area (Å²) in [6, 6.07) is 0.463. The molecule has 1 aliphatic rings. The van der Waals surface area contributed by atoms with Gasteiger partial charge in [0.1, 0.15) is 0 Å². The van der Waals surface area contributed by atoms with Crippen LogP contribution in [0.5, 0.6) is 0 Å². The van der Waals surface area contributed by atoms with Gasteiger partial charge in [0.25, 0.3) is 0 Å². The highest BCUT2D eigenvalue weighted by Crippen LogP contribution is 2.25. The highest BCUT2D eigenvalue weighted by Gasteiger charge is 2.25. The number of nitrogens with zero attached hydrogens (tertiary/aromatic N) is 1. The van der Waals surface area contributed by atoms with E-state index in [1.165, 1.54) is 0 Å². The Labute approximate surface area is 117 Å². The fourth-order valence-electron chi connectivity index (χ4n) is 2.24. The third-order valence-corrected chi connectivity index (χ3v) is 4.10. The van der Waals surface area contributed by atoms with Crippen LogP contribution in [0.2, 0.25) is 0 Å². The second kappa shape index (κ2) is 8.20. The van der Waals surface area contributed by atoms with Gasteiger partial charge in [-0.3, -0.25) is 4.99 Å². The van der Waals surface area contributed by atoms with E-state index in [9.17, 15) is 5.11 Å². The Balaban J connectivity index is 2.60. The zero-order chi connectivity index (χ0) is 14.1. The fraction of sp³-hybridized carbons (Fsp3) is 0.800. The van der Waals surface area contributed by atoms with Crippen molar-refractivity contribution in [1.82, 2.24) is 10.6 Å². The third-order valence-electron chi connectivity index (χ3n) is 4.10. The van der Waals surface area contributed by atoms with E-state index in [0.717, 1.165) is 38.2 Å². The van der Waals surface area contributed by atoms with Crippen molar-refractivity contribution in [3.05, 3.63) is 12.2 Å². The maximum Gasteiger partial charge on any atom is 0.191 e. The van der Waals surface area contributed by atoms with Crippen LogP contribution >= 0.6 is 0 Å². The quantitative estimate of drug-likeness (QED) is 0.376. The molecule has 0 spiro atoms. The molecular formula is C15H29N3O. The summed E-state index contributed by atoms with van der Waals surface area (Å²) in [5.74, 6) is 0.871. The van der Waals surface area contributed by atoms with Gasteiger partial charge in [-0.1, -0.05) is 26.0 Å². The summed E-state index contributed by atoms with van der Waals surface area (Å²) < 4.78 is 0. The number of aliphatic hydroxyl groups is 1. The molecular weight excluding hydrogens is 238 g/mol. The molecule has 0 saturated carbocycles. The first-order valence-electron chi connectivity index (χ1n) is 7.50. The molecule has 0 saturated heterocycles. The zero-order valence-electron chi connectivity index (χ0n) is 12.6. The van der Waals surface area contributed by atoms with Crippen LogP contribution in [0.25, 0.3) is 0 Å². The Morgan fingerprint density at radius 2 is 1.89 bits per heavy atom. The lowest BCUT2D eigenvalue weighted by Gasteiger charge is -2.28. The van der Waals surface area contributed by atoms with Crippen molar-refractivity contribution in [1.29, 1.82) is 0 Å². The SMILES string of the molecule is CCNC(=NCC(CC)(CC)CO)NC1CC=CC1. The molecule has 110 valence electrons. The van der Waals surface area contributed by atoms with Crippen LogP contribution in [0.1, 0.15) is 46.5 Å². The molecule has 0 aromatic heterocycles. The van der Waals surface area contributed by atoms with Gasteiger partial charge in [0.2, 0.25) is 0 Å². The van der Waals surface area contributed by atoms with Gasteiger partial charge in [-0.05, 0) is 32.6 Å². The average Bonchev–Trinajstić information content (AvgIpc) is 2.94. The van der Waals surface area contributed by atoms with Crippen molar-refractivity contribution >= 4 is 5.96 Å². The molecule has 1 aliphatic carbocycles. The standard InChI is InChI=1S/C15H29N3O/c1-4-15(5-2,12-19)11-17-14(16-6-3)18-13-9-7-8-10-13/h7-8,13,19H,4-6,9-12H2,1-3H3,(H2,16,17,18). The van der Waals surface area contributed by atoms with E-state index >= 15 is 0 Å². The molecule has 0 aromatic carbocycles. The highest BCUT2D eigenvalue weighted by molar-refractivity contribution is 5.80. The van der Waals surface area contributed by atoms with Crippen LogP contribution in [0, 0.1) is 5.41 Å². The van der Waals surface area contributed by atoms with Gasteiger partial charge >= 0.3 is 0 Å². The third kappa shape index (κ3) is 4.86. The van der Waals surface area contributed by atoms with Crippen LogP contribution < -0.4 is 10.6 Å². The summed E-state index contributed by atoms with van der Waals surface area (Å²) >= 11 is 0. The molecule has 3 N–H and O–H groups in total. The maximum absolute atomic E-state index is 9.58. The van der Waals surface area contributed by atoms with Gasteiger partial charge in [0.05, 0.1) is 13.2 Å². The summed E-state index contributed by atoms with van der Waals surface area (Å²) in [4.78, 5) is 4.67. The normalized spacial score (nSPS) is 16.9. The first-order valence-corrected chi connectivity index (χ1v) is 7.50. The van der Waals surface area contributed by atoms with E-state index in [1.807, 2.05) is 0 Å². The minimum absolute atomic E-state index is 0.0731. The van der Waals surface area contributed by atoms with E-state index in [2.05, 4.69) is 48.5 Å². The van der Waals surface area contributed by atoms with Gasteiger partial charge < -0.3 is 15.7 Å². The first-order chi connectivity index (χ1) is 9.19. The van der Waals surface area contributed by atoms with E-state index in [4.69, 9.17) is 0 Å². The minimum atomic E-state index is -0.0731. The summed E-state index contributed by atoms with van der Waals surface area (Å²) in [5.41, 5.74) is -0.0731. The smallest absolute Gasteiger partial charge is 0.191 e. The van der Waals surface area contributed by atoms with Gasteiger partial charge in [-0.2, -0.15) is 0 Å². The second-order valence-electron chi connectivity index (χ2n) is 5.34. The number of aliphatic hydroxyl groups excluding tert-OH is 1. The Kier molecular flexibility index (Phi) is 6.92. The van der Waals surface area contributed by atoms with Crippen molar-refractivity contribution in [3.8, 4) is 0 Å². The van der Waals surface area contributed by atoms with Gasteiger partial charge in [0, 0.05) is 18.0 Å². The number of hydrogen-bond donors (Lipinski definition) is 3. The van der Waals surface area contributed by atoms with Crippen molar-refractivity contribution in [2.45, 2.75) is 52.5 Å². The van der Waals surface area contributed by atoms with Crippen molar-refractivity contribution in [3.63, 3.8) is 0 Å². The maximum atomic E-state index is 9.58. The topological polar surface area (TPSA) is 56.7 Å². The largest absolute Gasteiger partial charge is 0.396 e. The van der Waals surface area contributed by atoms with Gasteiger partial charge in [-0.15, -0.1) is 0 Å². The molecule has 0 aromatic rings. The van der Waals surface area contributed by atoms with Gasteiger partial charge in [0.15, 0.2) is 5.96 Å². The summed E-state index contributed by atoms with van der Waals surface area (Å²) in [5, 5.41) is 16.3. The molecule has 0 unspecified atom stereocenters. The van der Waals surface area contributed by atoms with Crippen molar-refractivity contribution in [2.24, 2.45) is 10.4 Å². The molecule has 4 heteroatoms. The minimum Gasteiger partial charge on any atom is -0.396 e. The van der Waals surface area contributed by atoms with Crippen LogP contribution in [-0.2, 0) is 0 Å². The van der Waals surface area contributed by atoms with Crippen LogP contribution in [-0.4, -0.2) is 36.8 Å². The highest BCUT2D eigenvalue weighted by atomic mass is 16.3. The number of rotatable bonds is 7. The summed E-state index contributed by atoms with van der Waals surface area (Å²) in [6.45, 7) is 8.05. The monoisotopic (exact) mass is 267 g/mol. The van der Waals surface area contributed by atoms with Crippen LogP contribution in [0.15, 0.2) is 17.1 Å². The van der Waals surface area contributed by atoms with Gasteiger partial charge in [-0.25, -0.2) is 0 Å². The van der Waals surface area contributed by atoms with E-state index in [1.54, 1.807) is 0 Å². The lowest BCUT2D eigenvalue weighted by atomic mass is 9.83. The number of guanidine groups is 1. The van der Waals surface area contributed by atoms with Crippen molar-refractivity contribution in [2.75, 3.05) is 19.7 Å². The number of aliphatic imine (C=N–C) groups is 1. The number of hydrogen-bond acceptors (Lipinski definition) is 2. The van der Waals surface area contributed by atoms with E-state index in [-0.39, 0.29) is 12.0 Å². The molecule has 4 nitrogen and oxygen atoms in total. The molecule has 0 amide bonds. The molecule has 1 rings (SSSR count). The summed E-state index contributed by atoms with van der Waals surface area (Å²) in [7, 11) is 0. The Hall–Kier alpha value is -1.03. The fourth-order valence-corrected chi connectivity index (χ4v) is 2.24. The van der Waals surface area contributed by atoms with Crippen LogP contribution in [0.4, 0.5) is 0 Å². The predicted octanol–water partition coefficient (Wildman–Crippen LogP) is 2.06. The molecule has 0 bridgehead atoms. The van der Waals surface area contributed by atoms with Crippen molar-refractivity contribution < 1.29 is 5.11 Å².